The van der Waals surface area contributed by atoms with Crippen LogP contribution in [0.1, 0.15) is 43.2 Å². The monoisotopic (exact) mass is 580 g/mol. The third-order valence-electron chi connectivity index (χ3n) is 10.1. The molecular weight excluding hydrogens is 543 g/mol. The molecule has 9 heteroatoms. The smallest absolute Gasteiger partial charge is 0.319 e. The summed E-state index contributed by atoms with van der Waals surface area (Å²) in [5, 5.41) is 0.886. The van der Waals surface area contributed by atoms with Gasteiger partial charge in [-0.2, -0.15) is 9.97 Å². The molecule has 7 rings (SSSR count). The van der Waals surface area contributed by atoms with Crippen molar-refractivity contribution in [1.29, 1.82) is 0 Å². The zero-order chi connectivity index (χ0) is 29.7. The molecule has 0 bridgehead atoms. The maximum atomic E-state index is 13.8. The number of nitrogens with zero attached hydrogens (tertiary/aromatic N) is 6. The number of carbonyl (C=O) groups excluding carboxylic acids is 1. The number of anilines is 1. The summed E-state index contributed by atoms with van der Waals surface area (Å²) >= 11 is 0. The maximum absolute atomic E-state index is 13.8. The summed E-state index contributed by atoms with van der Waals surface area (Å²) in [6.07, 6.45) is 7.16. The summed E-state index contributed by atoms with van der Waals surface area (Å²) in [5.41, 5.74) is 6.60. The Balaban J connectivity index is 1.26. The standard InChI is InChI=1S/C34H37FN6O2/c1-22(35)32(42)41-17-16-40(20-25(41)19-36-2)31-28-10-9-23(26-7-4-8-29-27(26)11-12-34(29)13-14-34)18-30(28)37-33(38-31)43-21-24-6-5-15-39(24)3/h4,7-10,18,24-25H,1,5-6,11-17,19-21H2,3H3/t24-,25-/m0/s1. The molecule has 1 spiro atoms. The second-order valence-electron chi connectivity index (χ2n) is 12.6. The Morgan fingerprint density at radius 2 is 2.02 bits per heavy atom. The van der Waals surface area contributed by atoms with Gasteiger partial charge >= 0.3 is 6.01 Å². The average Bonchev–Trinajstić information content (AvgIpc) is 3.55. The van der Waals surface area contributed by atoms with Crippen LogP contribution in [0.5, 0.6) is 6.01 Å². The summed E-state index contributed by atoms with van der Waals surface area (Å²) in [5.74, 6) is -1.04. The molecule has 43 heavy (non-hydrogen) atoms. The molecule has 0 unspecified atom stereocenters. The van der Waals surface area contributed by atoms with Crippen molar-refractivity contribution in [1.82, 2.24) is 19.8 Å². The topological polar surface area (TPSA) is 66.2 Å². The number of hydrogen-bond acceptors (Lipinski definition) is 6. The molecule has 2 aliphatic heterocycles. The van der Waals surface area contributed by atoms with Crippen LogP contribution in [0.4, 0.5) is 10.2 Å². The molecule has 3 heterocycles. The molecule has 2 aliphatic carbocycles. The molecule has 1 aromatic heterocycles. The zero-order valence-corrected chi connectivity index (χ0v) is 24.7. The molecule has 1 amide bonds. The Bertz CT molecular complexity index is 1650. The van der Waals surface area contributed by atoms with Crippen molar-refractivity contribution in [2.45, 2.75) is 56.0 Å². The third-order valence-corrected chi connectivity index (χ3v) is 10.1. The van der Waals surface area contributed by atoms with Crippen molar-refractivity contribution in [3.8, 4) is 17.1 Å². The lowest BCUT2D eigenvalue weighted by molar-refractivity contribution is -0.131. The number of carbonyl (C=O) groups is 1. The van der Waals surface area contributed by atoms with Gasteiger partial charge < -0.3 is 24.3 Å². The number of piperazine rings is 1. The van der Waals surface area contributed by atoms with Gasteiger partial charge in [0.1, 0.15) is 18.5 Å². The summed E-state index contributed by atoms with van der Waals surface area (Å²) < 4.78 is 20.1. The van der Waals surface area contributed by atoms with Gasteiger partial charge in [-0.15, -0.1) is 0 Å². The lowest BCUT2D eigenvalue weighted by atomic mass is 9.93. The molecule has 4 aliphatic rings. The molecule has 0 N–H and O–H groups in total. The maximum Gasteiger partial charge on any atom is 0.319 e. The minimum Gasteiger partial charge on any atom is -0.462 e. The number of halogens is 1. The molecule has 2 atom stereocenters. The number of rotatable bonds is 7. The van der Waals surface area contributed by atoms with Crippen LogP contribution >= 0.6 is 0 Å². The van der Waals surface area contributed by atoms with E-state index in [0.717, 1.165) is 42.3 Å². The summed E-state index contributed by atoms with van der Waals surface area (Å²) in [6.45, 7) is 13.4. The van der Waals surface area contributed by atoms with E-state index in [1.54, 1.807) is 0 Å². The van der Waals surface area contributed by atoms with Crippen LogP contribution < -0.4 is 9.64 Å². The first-order valence-electron chi connectivity index (χ1n) is 15.4. The molecule has 1 saturated carbocycles. The van der Waals surface area contributed by atoms with Crippen LogP contribution in [0, 0.1) is 6.57 Å². The summed E-state index contributed by atoms with van der Waals surface area (Å²) in [4.78, 5) is 31.7. The van der Waals surface area contributed by atoms with Crippen molar-refractivity contribution < 1.29 is 13.9 Å². The lowest BCUT2D eigenvalue weighted by Gasteiger charge is -2.39. The molecule has 3 fully saturated rings. The molecule has 2 aromatic carbocycles. The van der Waals surface area contributed by atoms with E-state index in [-0.39, 0.29) is 13.1 Å². The first-order chi connectivity index (χ1) is 20.9. The first-order valence-corrected chi connectivity index (χ1v) is 15.4. The molecule has 3 aromatic rings. The van der Waals surface area contributed by atoms with Crippen LogP contribution in [0.2, 0.25) is 0 Å². The van der Waals surface area contributed by atoms with E-state index in [0.29, 0.717) is 43.0 Å². The predicted molar refractivity (Wildman–Crippen MR) is 165 cm³/mol. The Hall–Kier alpha value is -4.03. The number of fused-ring (bicyclic) bond motifs is 3. The second-order valence-corrected chi connectivity index (χ2v) is 12.6. The molecule has 222 valence electrons. The van der Waals surface area contributed by atoms with Crippen molar-refractivity contribution >= 4 is 22.6 Å². The van der Waals surface area contributed by atoms with Gasteiger partial charge in [-0.1, -0.05) is 30.8 Å². The molecule has 8 nitrogen and oxygen atoms in total. The predicted octanol–water partition coefficient (Wildman–Crippen LogP) is 5.17. The third kappa shape index (κ3) is 5.02. The van der Waals surface area contributed by atoms with E-state index >= 15 is 0 Å². The zero-order valence-electron chi connectivity index (χ0n) is 24.7. The van der Waals surface area contributed by atoms with Crippen molar-refractivity contribution in [2.75, 3.05) is 51.3 Å². The Morgan fingerprint density at radius 1 is 1.16 bits per heavy atom. The quantitative estimate of drug-likeness (QED) is 0.284. The van der Waals surface area contributed by atoms with E-state index in [2.05, 4.69) is 64.7 Å². The number of hydrogen-bond donors (Lipinski definition) is 0. The Kier molecular flexibility index (Phi) is 7.05. The summed E-state index contributed by atoms with van der Waals surface area (Å²) in [7, 11) is 2.12. The van der Waals surface area contributed by atoms with E-state index in [1.807, 2.05) is 0 Å². The highest BCUT2D eigenvalue weighted by Crippen LogP contribution is 2.58. The number of likely N-dealkylation sites (N-methyl/N-ethyl adjacent to an activating group) is 1. The fourth-order valence-electron chi connectivity index (χ4n) is 7.45. The van der Waals surface area contributed by atoms with Crippen molar-refractivity contribution in [3.05, 3.63) is 71.3 Å². The van der Waals surface area contributed by atoms with Crippen LogP contribution in [-0.2, 0) is 16.6 Å². The highest BCUT2D eigenvalue weighted by atomic mass is 19.1. The average molecular weight is 581 g/mol. The number of ether oxygens (including phenoxy) is 1. The normalized spacial score (nSPS) is 22.5. The van der Waals surface area contributed by atoms with E-state index in [4.69, 9.17) is 21.3 Å². The molecule has 0 radical (unpaired) electrons. The first kappa shape index (κ1) is 27.8. The highest BCUT2D eigenvalue weighted by molar-refractivity contribution is 5.94. The minimum absolute atomic E-state index is 0.0701. The lowest BCUT2D eigenvalue weighted by Crippen LogP contribution is -2.56. The van der Waals surface area contributed by atoms with Crippen molar-refractivity contribution in [2.24, 2.45) is 0 Å². The van der Waals surface area contributed by atoms with Gasteiger partial charge in [-0.25, -0.2) is 11.0 Å². The van der Waals surface area contributed by atoms with Gasteiger partial charge in [0.15, 0.2) is 5.83 Å². The fourth-order valence-corrected chi connectivity index (χ4v) is 7.45. The largest absolute Gasteiger partial charge is 0.462 e. The minimum atomic E-state index is -1.00. The number of likely N-dealkylation sites (tertiary alicyclic amines) is 1. The van der Waals surface area contributed by atoms with Gasteiger partial charge in [-0.05, 0) is 91.9 Å². The van der Waals surface area contributed by atoms with E-state index < -0.39 is 17.8 Å². The highest BCUT2D eigenvalue weighted by Gasteiger charge is 2.48. The summed E-state index contributed by atoms with van der Waals surface area (Å²) in [6, 6.07) is 13.3. The van der Waals surface area contributed by atoms with Crippen LogP contribution in [-0.4, -0.2) is 84.1 Å². The molecular formula is C34H37FN6O2. The Morgan fingerprint density at radius 3 is 2.77 bits per heavy atom. The van der Waals surface area contributed by atoms with Gasteiger partial charge in [0.25, 0.3) is 5.91 Å². The second kappa shape index (κ2) is 10.9. The van der Waals surface area contributed by atoms with E-state index in [1.165, 1.54) is 40.9 Å². The Labute approximate surface area is 252 Å². The van der Waals surface area contributed by atoms with Crippen LogP contribution in [0.15, 0.2) is 48.8 Å². The van der Waals surface area contributed by atoms with Gasteiger partial charge in [-0.3, -0.25) is 4.79 Å². The van der Waals surface area contributed by atoms with Crippen LogP contribution in [0.25, 0.3) is 26.9 Å². The van der Waals surface area contributed by atoms with Crippen LogP contribution in [0.3, 0.4) is 0 Å². The van der Waals surface area contributed by atoms with Gasteiger partial charge in [0.2, 0.25) is 6.54 Å². The van der Waals surface area contributed by atoms with Crippen molar-refractivity contribution in [3.63, 3.8) is 0 Å². The number of benzene rings is 2. The van der Waals surface area contributed by atoms with Gasteiger partial charge in [0, 0.05) is 31.1 Å². The molecule has 2 saturated heterocycles. The van der Waals surface area contributed by atoms with Gasteiger partial charge in [0.05, 0.1) is 5.52 Å². The fraction of sp³-hybridized carbons (Fsp3) is 0.471. The number of aromatic nitrogens is 2. The SMILES string of the molecule is [C-]#[N+]C[C@H]1CN(c2nc(OC[C@@H]3CCCN3C)nc3cc(-c4cccc5c4CCC54CC4)ccc23)CCN1C(=O)C(=C)F. The number of amides is 1. The van der Waals surface area contributed by atoms with E-state index in [9.17, 15) is 9.18 Å².